The van der Waals surface area contributed by atoms with Crippen LogP contribution < -0.4 is 20.1 Å². The molecular formula is C28H38BrN5O8S. The van der Waals surface area contributed by atoms with Crippen LogP contribution in [0.5, 0.6) is 5.75 Å². The van der Waals surface area contributed by atoms with Gasteiger partial charge < -0.3 is 25.0 Å². The Kier molecular flexibility index (Phi) is 9.45. The highest BCUT2D eigenvalue weighted by atomic mass is 79.9. The van der Waals surface area contributed by atoms with Crippen LogP contribution in [0.25, 0.3) is 0 Å². The van der Waals surface area contributed by atoms with E-state index < -0.39 is 68.0 Å². The highest BCUT2D eigenvalue weighted by molar-refractivity contribution is 9.10. The Bertz CT molecular complexity index is 1400. The van der Waals surface area contributed by atoms with Gasteiger partial charge in [-0.05, 0) is 53.1 Å². The second-order valence-corrected chi connectivity index (χ2v) is 15.3. The number of ether oxygens (including phenoxy) is 2. The van der Waals surface area contributed by atoms with Crippen molar-refractivity contribution in [2.24, 2.45) is 17.3 Å². The van der Waals surface area contributed by atoms with Crippen LogP contribution in [0.1, 0.15) is 46.5 Å². The van der Waals surface area contributed by atoms with E-state index in [9.17, 15) is 27.6 Å². The molecule has 1 aromatic heterocycles. The number of amides is 4. The van der Waals surface area contributed by atoms with Crippen molar-refractivity contribution in [3.05, 3.63) is 35.6 Å². The average molecular weight is 685 g/mol. The van der Waals surface area contributed by atoms with E-state index in [4.69, 9.17) is 9.47 Å². The molecule has 4 amide bonds. The fourth-order valence-electron chi connectivity index (χ4n) is 5.23. The first-order chi connectivity index (χ1) is 20.1. The van der Waals surface area contributed by atoms with E-state index in [1.54, 1.807) is 39.2 Å². The summed E-state index contributed by atoms with van der Waals surface area (Å²) in [6.07, 6.45) is 5.18. The maximum absolute atomic E-state index is 14.0. The number of likely N-dealkylation sites (tertiary alicyclic amines) is 1. The molecule has 5 unspecified atom stereocenters. The van der Waals surface area contributed by atoms with Crippen molar-refractivity contribution in [3.63, 3.8) is 0 Å². The lowest BCUT2D eigenvalue weighted by atomic mass is 9.85. The van der Waals surface area contributed by atoms with Crippen LogP contribution in [0.2, 0.25) is 0 Å². The van der Waals surface area contributed by atoms with Gasteiger partial charge in [-0.3, -0.25) is 24.1 Å². The number of carbonyl (C=O) groups is 4. The Morgan fingerprint density at radius 1 is 1.26 bits per heavy atom. The van der Waals surface area contributed by atoms with Crippen molar-refractivity contribution in [1.82, 2.24) is 25.2 Å². The SMILES string of the molecule is C=CC1CC1(NC(=O)C1CC(COc2cncc(Br)c2)CN1C(=O)C(NC(=O)OC)C(C)(C)C)C(=O)NS(=O)(=O)C1CC1. The molecule has 236 valence electrons. The lowest BCUT2D eigenvalue weighted by Crippen LogP contribution is -2.60. The van der Waals surface area contributed by atoms with Gasteiger partial charge >= 0.3 is 6.09 Å². The number of nitrogens with one attached hydrogen (secondary N) is 3. The van der Waals surface area contributed by atoms with Crippen molar-refractivity contribution in [3.8, 4) is 5.75 Å². The van der Waals surface area contributed by atoms with Crippen LogP contribution in [0.15, 0.2) is 35.6 Å². The smallest absolute Gasteiger partial charge is 0.407 e. The van der Waals surface area contributed by atoms with Crippen LogP contribution >= 0.6 is 15.9 Å². The Morgan fingerprint density at radius 3 is 2.51 bits per heavy atom. The fraction of sp³-hybridized carbons (Fsp3) is 0.607. The van der Waals surface area contributed by atoms with Crippen LogP contribution in [0, 0.1) is 17.3 Å². The molecule has 43 heavy (non-hydrogen) atoms. The first kappa shape index (κ1) is 32.7. The molecule has 1 saturated heterocycles. The maximum Gasteiger partial charge on any atom is 0.407 e. The van der Waals surface area contributed by atoms with Gasteiger partial charge in [-0.15, -0.1) is 6.58 Å². The van der Waals surface area contributed by atoms with Crippen molar-refractivity contribution < 1.29 is 37.1 Å². The summed E-state index contributed by atoms with van der Waals surface area (Å²) in [6, 6.07) is -0.320. The molecule has 0 spiro atoms. The maximum atomic E-state index is 14.0. The van der Waals surface area contributed by atoms with Gasteiger partial charge in [0.25, 0.3) is 5.91 Å². The number of aromatic nitrogens is 1. The molecule has 1 aliphatic heterocycles. The van der Waals surface area contributed by atoms with Crippen molar-refractivity contribution in [2.75, 3.05) is 20.3 Å². The Balaban J connectivity index is 1.57. The van der Waals surface area contributed by atoms with E-state index in [0.717, 1.165) is 4.47 Å². The van der Waals surface area contributed by atoms with Gasteiger partial charge in [-0.2, -0.15) is 0 Å². The van der Waals surface area contributed by atoms with Crippen molar-refractivity contribution in [1.29, 1.82) is 0 Å². The molecule has 3 N–H and O–H groups in total. The summed E-state index contributed by atoms with van der Waals surface area (Å²) in [4.78, 5) is 58.7. The molecule has 5 atom stereocenters. The van der Waals surface area contributed by atoms with E-state index in [2.05, 4.69) is 42.8 Å². The molecule has 3 fully saturated rings. The number of rotatable bonds is 11. The molecular weight excluding hydrogens is 646 g/mol. The zero-order chi connectivity index (χ0) is 31.7. The van der Waals surface area contributed by atoms with Gasteiger partial charge in [0, 0.05) is 29.1 Å². The third-order valence-corrected chi connectivity index (χ3v) is 10.2. The molecule has 0 aromatic carbocycles. The summed E-state index contributed by atoms with van der Waals surface area (Å²) in [5.74, 6) is -2.21. The van der Waals surface area contributed by atoms with Gasteiger partial charge in [0.1, 0.15) is 23.4 Å². The largest absolute Gasteiger partial charge is 0.492 e. The molecule has 2 heterocycles. The third-order valence-electron chi connectivity index (χ3n) is 7.95. The summed E-state index contributed by atoms with van der Waals surface area (Å²) >= 11 is 3.35. The lowest BCUT2D eigenvalue weighted by molar-refractivity contribution is -0.142. The minimum atomic E-state index is -3.85. The molecule has 0 radical (unpaired) electrons. The predicted molar refractivity (Wildman–Crippen MR) is 159 cm³/mol. The molecule has 2 aliphatic carbocycles. The first-order valence-corrected chi connectivity index (χ1v) is 16.3. The molecule has 3 aliphatic rings. The fourth-order valence-corrected chi connectivity index (χ4v) is 6.94. The van der Waals surface area contributed by atoms with E-state index in [1.165, 1.54) is 18.1 Å². The number of carbonyl (C=O) groups excluding carboxylic acids is 4. The Labute approximate surface area is 259 Å². The molecule has 13 nitrogen and oxygen atoms in total. The van der Waals surface area contributed by atoms with Gasteiger partial charge in [0.15, 0.2) is 0 Å². The van der Waals surface area contributed by atoms with Crippen LogP contribution in [0.4, 0.5) is 4.79 Å². The monoisotopic (exact) mass is 683 g/mol. The summed E-state index contributed by atoms with van der Waals surface area (Å²) in [5.41, 5.74) is -2.24. The van der Waals surface area contributed by atoms with Crippen LogP contribution in [-0.2, 0) is 29.1 Å². The minimum Gasteiger partial charge on any atom is -0.492 e. The number of hydrogen-bond acceptors (Lipinski definition) is 9. The lowest BCUT2D eigenvalue weighted by Gasteiger charge is -2.35. The quantitative estimate of drug-likeness (QED) is 0.294. The number of pyridine rings is 1. The second-order valence-electron chi connectivity index (χ2n) is 12.4. The van der Waals surface area contributed by atoms with E-state index in [1.807, 2.05) is 0 Å². The number of sulfonamides is 1. The van der Waals surface area contributed by atoms with Gasteiger partial charge in [-0.25, -0.2) is 13.2 Å². The topological polar surface area (TPSA) is 173 Å². The zero-order valence-corrected chi connectivity index (χ0v) is 27.0. The average Bonchev–Trinajstić information content (AvgIpc) is 3.86. The molecule has 2 saturated carbocycles. The minimum absolute atomic E-state index is 0.133. The second kappa shape index (κ2) is 12.4. The highest BCUT2D eigenvalue weighted by Gasteiger charge is 2.62. The Morgan fingerprint density at radius 2 is 1.95 bits per heavy atom. The van der Waals surface area contributed by atoms with Gasteiger partial charge in [0.2, 0.25) is 21.8 Å². The molecule has 1 aromatic rings. The van der Waals surface area contributed by atoms with Crippen LogP contribution in [-0.4, -0.2) is 85.3 Å². The van der Waals surface area contributed by atoms with Crippen LogP contribution in [0.3, 0.4) is 0 Å². The third kappa shape index (κ3) is 7.48. The highest BCUT2D eigenvalue weighted by Crippen LogP contribution is 2.45. The van der Waals surface area contributed by atoms with E-state index >= 15 is 0 Å². The summed E-state index contributed by atoms with van der Waals surface area (Å²) in [7, 11) is -2.66. The number of halogens is 1. The van der Waals surface area contributed by atoms with E-state index in [-0.39, 0.29) is 31.9 Å². The Hall–Kier alpha value is -3.20. The molecule has 4 rings (SSSR count). The van der Waals surface area contributed by atoms with Gasteiger partial charge in [-0.1, -0.05) is 26.8 Å². The standard InChI is InChI=1S/C28H38BrN5O8S/c1-6-17-11-28(17,25(37)33-43(39,40)20-7-8-20)32-23(35)21-9-16(15-42-19-10-18(29)12-30-13-19)14-34(21)24(36)22(27(2,3)4)31-26(38)41-5/h6,10,12-13,16-17,20-22H,1,7-9,11,14-15H2,2-5H3,(H,31,38)(H,32,35)(H,33,37). The summed E-state index contributed by atoms with van der Waals surface area (Å²) in [5, 5.41) is 4.73. The number of nitrogens with zero attached hydrogens (tertiary/aromatic N) is 2. The molecule has 15 heteroatoms. The summed E-state index contributed by atoms with van der Waals surface area (Å²) in [6.45, 7) is 9.35. The summed E-state index contributed by atoms with van der Waals surface area (Å²) < 4.78 is 38.5. The van der Waals surface area contributed by atoms with Gasteiger partial charge in [0.05, 0.1) is 25.2 Å². The molecule has 0 bridgehead atoms. The number of methoxy groups -OCH3 is 1. The van der Waals surface area contributed by atoms with Crippen molar-refractivity contribution in [2.45, 2.75) is 69.3 Å². The number of hydrogen-bond donors (Lipinski definition) is 3. The van der Waals surface area contributed by atoms with E-state index in [0.29, 0.717) is 18.6 Å². The normalized spacial score (nSPS) is 25.7. The first-order valence-electron chi connectivity index (χ1n) is 14.0. The predicted octanol–water partition coefficient (Wildman–Crippen LogP) is 1.88. The van der Waals surface area contributed by atoms with Crippen molar-refractivity contribution >= 4 is 49.8 Å². The number of alkyl carbamates (subject to hydrolysis) is 1. The zero-order valence-electron chi connectivity index (χ0n) is 24.6.